The molecule has 2 heterocycles. The minimum Gasteiger partial charge on any atom is -0.316 e. The van der Waals surface area contributed by atoms with Crippen LogP contribution >= 0.6 is 0 Å². The number of pyridine rings is 1. The first-order valence-corrected chi connectivity index (χ1v) is 6.63. The van der Waals surface area contributed by atoms with E-state index in [4.69, 9.17) is 0 Å². The summed E-state index contributed by atoms with van der Waals surface area (Å²) in [6, 6.07) is 4.15. The van der Waals surface area contributed by atoms with Crippen LogP contribution in [0.5, 0.6) is 0 Å². The zero-order chi connectivity index (χ0) is 11.9. The Bertz CT molecular complexity index is 305. The van der Waals surface area contributed by atoms with Crippen molar-refractivity contribution in [2.24, 2.45) is 5.92 Å². The van der Waals surface area contributed by atoms with E-state index in [-0.39, 0.29) is 0 Å². The number of hydrogen-bond donors (Lipinski definition) is 1. The Balaban J connectivity index is 1.57. The second-order valence-electron chi connectivity index (χ2n) is 5.06. The van der Waals surface area contributed by atoms with Gasteiger partial charge in [-0.1, -0.05) is 6.07 Å². The van der Waals surface area contributed by atoms with Crippen LogP contribution in [0.25, 0.3) is 0 Å². The highest BCUT2D eigenvalue weighted by atomic mass is 15.1. The summed E-state index contributed by atoms with van der Waals surface area (Å²) in [6.07, 6.45) is 7.56. The van der Waals surface area contributed by atoms with Gasteiger partial charge in [-0.2, -0.15) is 0 Å². The lowest BCUT2D eigenvalue weighted by Gasteiger charge is -2.29. The topological polar surface area (TPSA) is 28.2 Å². The van der Waals surface area contributed by atoms with Crippen LogP contribution in [0, 0.1) is 5.92 Å². The second kappa shape index (κ2) is 6.72. The summed E-state index contributed by atoms with van der Waals surface area (Å²) in [5, 5.41) is 3.57. The maximum Gasteiger partial charge on any atom is 0.0300 e. The third-order valence-electron chi connectivity index (χ3n) is 3.58. The van der Waals surface area contributed by atoms with Gasteiger partial charge in [0.15, 0.2) is 0 Å². The third kappa shape index (κ3) is 4.44. The lowest BCUT2D eigenvalue weighted by Crippen LogP contribution is -2.35. The molecule has 0 aromatic carbocycles. The van der Waals surface area contributed by atoms with Gasteiger partial charge in [-0.15, -0.1) is 0 Å². The molecule has 1 N–H and O–H groups in total. The molecule has 0 aliphatic carbocycles. The van der Waals surface area contributed by atoms with Crippen LogP contribution in [-0.4, -0.2) is 43.1 Å². The summed E-state index contributed by atoms with van der Waals surface area (Å²) in [5.74, 6) is 0.875. The Morgan fingerprint density at radius 2 is 2.24 bits per heavy atom. The van der Waals surface area contributed by atoms with Crippen molar-refractivity contribution in [3.05, 3.63) is 30.1 Å². The van der Waals surface area contributed by atoms with E-state index in [0.717, 1.165) is 18.9 Å². The molecule has 3 nitrogen and oxygen atoms in total. The Hall–Kier alpha value is -0.930. The number of rotatable bonds is 5. The van der Waals surface area contributed by atoms with Gasteiger partial charge in [0.25, 0.3) is 0 Å². The molecule has 2 rings (SSSR count). The van der Waals surface area contributed by atoms with Crippen LogP contribution in [0.15, 0.2) is 24.5 Å². The molecule has 0 spiro atoms. The molecule has 94 valence electrons. The number of piperidine rings is 1. The smallest absolute Gasteiger partial charge is 0.0300 e. The van der Waals surface area contributed by atoms with Crippen molar-refractivity contribution in [3.8, 4) is 0 Å². The molecule has 1 aliphatic rings. The van der Waals surface area contributed by atoms with Crippen LogP contribution in [-0.2, 0) is 6.42 Å². The summed E-state index contributed by atoms with van der Waals surface area (Å²) in [7, 11) is 2.21. The van der Waals surface area contributed by atoms with E-state index in [1.165, 1.54) is 38.0 Å². The van der Waals surface area contributed by atoms with Crippen molar-refractivity contribution in [3.63, 3.8) is 0 Å². The van der Waals surface area contributed by atoms with E-state index in [1.54, 1.807) is 0 Å². The van der Waals surface area contributed by atoms with Gasteiger partial charge in [0, 0.05) is 12.4 Å². The summed E-state index contributed by atoms with van der Waals surface area (Å²) in [6.45, 7) is 4.76. The second-order valence-corrected chi connectivity index (χ2v) is 5.06. The van der Waals surface area contributed by atoms with E-state index >= 15 is 0 Å². The predicted octanol–water partition coefficient (Wildman–Crippen LogP) is 1.56. The lowest BCUT2D eigenvalue weighted by atomic mass is 9.97. The minimum atomic E-state index is 0.875. The highest BCUT2D eigenvalue weighted by molar-refractivity contribution is 5.08. The van der Waals surface area contributed by atoms with E-state index < -0.39 is 0 Å². The molecule has 0 saturated carbocycles. The van der Waals surface area contributed by atoms with Crippen molar-refractivity contribution >= 4 is 0 Å². The van der Waals surface area contributed by atoms with Crippen LogP contribution in [0.2, 0.25) is 0 Å². The molecular formula is C14H23N3. The molecule has 0 atom stereocenters. The number of aromatic nitrogens is 1. The first-order chi connectivity index (χ1) is 8.34. The first-order valence-electron chi connectivity index (χ1n) is 6.63. The van der Waals surface area contributed by atoms with E-state index in [2.05, 4.69) is 28.3 Å². The average molecular weight is 233 g/mol. The minimum absolute atomic E-state index is 0.875. The molecule has 1 fully saturated rings. The number of hydrogen-bond acceptors (Lipinski definition) is 3. The van der Waals surface area contributed by atoms with Gasteiger partial charge in [-0.05, 0) is 70.0 Å². The van der Waals surface area contributed by atoms with Crippen LogP contribution in [0.1, 0.15) is 18.4 Å². The quantitative estimate of drug-likeness (QED) is 0.782. The fourth-order valence-electron chi connectivity index (χ4n) is 2.35. The van der Waals surface area contributed by atoms with Crippen molar-refractivity contribution in [1.82, 2.24) is 15.2 Å². The molecule has 0 unspecified atom stereocenters. The molecule has 1 aromatic heterocycles. The SMILES string of the molecule is CN1CCC(CNCCc2cccnc2)CC1. The lowest BCUT2D eigenvalue weighted by molar-refractivity contribution is 0.216. The largest absolute Gasteiger partial charge is 0.316 e. The van der Waals surface area contributed by atoms with E-state index in [1.807, 2.05) is 18.5 Å². The summed E-state index contributed by atoms with van der Waals surface area (Å²) in [4.78, 5) is 6.55. The van der Waals surface area contributed by atoms with Crippen LogP contribution in [0.3, 0.4) is 0 Å². The van der Waals surface area contributed by atoms with E-state index in [0.29, 0.717) is 0 Å². The molecule has 0 bridgehead atoms. The number of nitrogens with zero attached hydrogens (tertiary/aromatic N) is 2. The summed E-state index contributed by atoms with van der Waals surface area (Å²) >= 11 is 0. The fourth-order valence-corrected chi connectivity index (χ4v) is 2.35. The maximum absolute atomic E-state index is 4.13. The van der Waals surface area contributed by atoms with Crippen LogP contribution < -0.4 is 5.32 Å². The molecule has 0 amide bonds. The zero-order valence-electron chi connectivity index (χ0n) is 10.7. The van der Waals surface area contributed by atoms with Crippen molar-refractivity contribution < 1.29 is 0 Å². The van der Waals surface area contributed by atoms with Gasteiger partial charge < -0.3 is 10.2 Å². The number of likely N-dealkylation sites (tertiary alicyclic amines) is 1. The van der Waals surface area contributed by atoms with Crippen LogP contribution in [0.4, 0.5) is 0 Å². The molecule has 1 saturated heterocycles. The highest BCUT2D eigenvalue weighted by Gasteiger charge is 2.15. The molecule has 3 heteroatoms. The van der Waals surface area contributed by atoms with Gasteiger partial charge >= 0.3 is 0 Å². The number of nitrogens with one attached hydrogen (secondary N) is 1. The Kier molecular flexibility index (Phi) is 4.95. The van der Waals surface area contributed by atoms with Gasteiger partial charge in [0.2, 0.25) is 0 Å². The summed E-state index contributed by atoms with van der Waals surface area (Å²) < 4.78 is 0. The predicted molar refractivity (Wildman–Crippen MR) is 71.0 cm³/mol. The fraction of sp³-hybridized carbons (Fsp3) is 0.643. The molecule has 1 aromatic rings. The Morgan fingerprint density at radius 3 is 2.94 bits per heavy atom. The van der Waals surface area contributed by atoms with Gasteiger partial charge in [0.1, 0.15) is 0 Å². The molecule has 1 aliphatic heterocycles. The standard InChI is InChI=1S/C14H23N3/c1-17-9-5-14(6-10-17)12-16-8-4-13-3-2-7-15-11-13/h2-3,7,11,14,16H,4-6,8-10,12H2,1H3. The van der Waals surface area contributed by atoms with Crippen molar-refractivity contribution in [2.45, 2.75) is 19.3 Å². The monoisotopic (exact) mass is 233 g/mol. The first kappa shape index (κ1) is 12.5. The zero-order valence-corrected chi connectivity index (χ0v) is 10.7. The maximum atomic E-state index is 4.13. The molecule has 0 radical (unpaired) electrons. The molecular weight excluding hydrogens is 210 g/mol. The third-order valence-corrected chi connectivity index (χ3v) is 3.58. The van der Waals surface area contributed by atoms with Crippen molar-refractivity contribution in [2.75, 3.05) is 33.2 Å². The molecule has 17 heavy (non-hydrogen) atoms. The van der Waals surface area contributed by atoms with Gasteiger partial charge in [-0.25, -0.2) is 0 Å². The van der Waals surface area contributed by atoms with E-state index in [9.17, 15) is 0 Å². The highest BCUT2D eigenvalue weighted by Crippen LogP contribution is 2.14. The average Bonchev–Trinajstić information content (AvgIpc) is 2.38. The van der Waals surface area contributed by atoms with Gasteiger partial charge in [-0.3, -0.25) is 4.98 Å². The van der Waals surface area contributed by atoms with Crippen molar-refractivity contribution in [1.29, 1.82) is 0 Å². The van der Waals surface area contributed by atoms with Gasteiger partial charge in [0.05, 0.1) is 0 Å². The normalized spacial score (nSPS) is 18.4. The Morgan fingerprint density at radius 1 is 1.41 bits per heavy atom. The Labute approximate surface area is 104 Å². The summed E-state index contributed by atoms with van der Waals surface area (Å²) in [5.41, 5.74) is 1.32.